The van der Waals surface area contributed by atoms with Crippen LogP contribution in [0.4, 0.5) is 0 Å². The van der Waals surface area contributed by atoms with Crippen molar-refractivity contribution in [3.8, 4) is 0 Å². The first-order valence-corrected chi connectivity index (χ1v) is 9.92. The second-order valence-electron chi connectivity index (χ2n) is 7.47. The number of rotatable bonds is 8. The third-order valence-corrected chi connectivity index (χ3v) is 6.20. The van der Waals surface area contributed by atoms with Gasteiger partial charge < -0.3 is 20.6 Å². The van der Waals surface area contributed by atoms with Crippen molar-refractivity contribution in [2.24, 2.45) is 11.1 Å². The van der Waals surface area contributed by atoms with Crippen LogP contribution in [0.2, 0.25) is 5.15 Å². The number of unbranched alkanes of at least 4 members (excludes halogenated alkanes) is 1. The third kappa shape index (κ3) is 4.03. The number of hydrogen-bond acceptors (Lipinski definition) is 5. The van der Waals surface area contributed by atoms with E-state index in [0.717, 1.165) is 69.7 Å². The van der Waals surface area contributed by atoms with Crippen molar-refractivity contribution in [2.75, 3.05) is 26.2 Å². The number of likely N-dealkylation sites (tertiary alicyclic amines) is 1. The van der Waals surface area contributed by atoms with Crippen LogP contribution in [0.1, 0.15) is 50.5 Å². The predicted octanol–water partition coefficient (Wildman–Crippen LogP) is 2.10. The third-order valence-electron chi connectivity index (χ3n) is 5.89. The Morgan fingerprint density at radius 3 is 2.84 bits per heavy atom. The summed E-state index contributed by atoms with van der Waals surface area (Å²) >= 11 is 6.30. The molecule has 25 heavy (non-hydrogen) atoms. The van der Waals surface area contributed by atoms with Crippen molar-refractivity contribution in [1.82, 2.24) is 14.9 Å². The highest BCUT2D eigenvalue weighted by molar-refractivity contribution is 6.30. The predicted molar refractivity (Wildman–Crippen MR) is 98.6 cm³/mol. The molecule has 1 aliphatic carbocycles. The van der Waals surface area contributed by atoms with Crippen molar-refractivity contribution in [3.63, 3.8) is 0 Å². The lowest BCUT2D eigenvalue weighted by molar-refractivity contribution is -0.210. The van der Waals surface area contributed by atoms with Crippen LogP contribution in [-0.4, -0.2) is 58.4 Å². The number of hydrogen-bond donors (Lipinski definition) is 3. The molecule has 4 N–H and O–H groups in total. The average Bonchev–Trinajstić information content (AvgIpc) is 2.97. The second-order valence-corrected chi connectivity index (χ2v) is 7.82. The summed E-state index contributed by atoms with van der Waals surface area (Å²) in [7, 11) is 0. The molecule has 1 aromatic rings. The van der Waals surface area contributed by atoms with Gasteiger partial charge in [0.2, 0.25) is 0 Å². The molecule has 7 heteroatoms. The van der Waals surface area contributed by atoms with E-state index in [-0.39, 0.29) is 17.6 Å². The highest BCUT2D eigenvalue weighted by Gasteiger charge is 2.56. The number of imidazole rings is 1. The van der Waals surface area contributed by atoms with E-state index >= 15 is 0 Å². The minimum atomic E-state index is -0.242. The largest absolute Gasteiger partial charge is 0.392 e. The van der Waals surface area contributed by atoms with Crippen LogP contribution < -0.4 is 5.73 Å². The topological polar surface area (TPSA) is 87.4 Å². The lowest BCUT2D eigenvalue weighted by Crippen LogP contribution is -2.62. The summed E-state index contributed by atoms with van der Waals surface area (Å²) in [4.78, 5) is 10.2. The van der Waals surface area contributed by atoms with Crippen LogP contribution in [-0.2, 0) is 17.7 Å². The molecule has 1 aromatic heterocycles. The molecule has 0 radical (unpaired) electrons. The molecular formula is C18H31ClN4O2. The van der Waals surface area contributed by atoms with Gasteiger partial charge in [-0.1, -0.05) is 24.9 Å². The highest BCUT2D eigenvalue weighted by atomic mass is 35.5. The molecule has 0 bridgehead atoms. The van der Waals surface area contributed by atoms with Crippen molar-refractivity contribution < 1.29 is 9.84 Å². The molecule has 1 spiro atoms. The summed E-state index contributed by atoms with van der Waals surface area (Å²) in [6.07, 6.45) is 5.79. The molecule has 6 nitrogen and oxygen atoms in total. The van der Waals surface area contributed by atoms with E-state index in [9.17, 15) is 5.11 Å². The molecule has 142 valence electrons. The smallest absolute Gasteiger partial charge is 0.151 e. The first-order chi connectivity index (χ1) is 12.1. The Balaban J connectivity index is 1.53. The molecular weight excluding hydrogens is 340 g/mol. The standard InChI is InChI=1S/C18H31ClN4O2/c1-2-3-4-16-21-13(17(19)22-16)12-23-8-5-18(6-9-23)14(24)11-15(18)25-10-7-20/h14-15,24H,2-12,20H2,1H3,(H,21,22)/t14-,15+/m1/s1. The van der Waals surface area contributed by atoms with E-state index in [4.69, 9.17) is 22.1 Å². The quantitative estimate of drug-likeness (QED) is 0.652. The average molecular weight is 371 g/mol. The fourth-order valence-corrected chi connectivity index (χ4v) is 4.39. The second kappa shape index (κ2) is 8.35. The lowest BCUT2D eigenvalue weighted by Gasteiger charge is -2.56. The molecule has 2 fully saturated rings. The molecule has 2 aliphatic rings. The molecule has 3 rings (SSSR count). The fraction of sp³-hybridized carbons (Fsp3) is 0.833. The van der Waals surface area contributed by atoms with Gasteiger partial charge in [-0.2, -0.15) is 0 Å². The summed E-state index contributed by atoms with van der Waals surface area (Å²) in [5.74, 6) is 0.986. The molecule has 2 heterocycles. The zero-order valence-electron chi connectivity index (χ0n) is 15.1. The van der Waals surface area contributed by atoms with Crippen molar-refractivity contribution in [2.45, 2.75) is 64.2 Å². The number of nitrogens with zero attached hydrogens (tertiary/aromatic N) is 2. The minimum absolute atomic E-state index is 0.0737. The maximum absolute atomic E-state index is 10.3. The number of halogens is 1. The Kier molecular flexibility index (Phi) is 6.39. The van der Waals surface area contributed by atoms with Crippen molar-refractivity contribution in [3.05, 3.63) is 16.7 Å². The number of aromatic nitrogens is 2. The van der Waals surface area contributed by atoms with Gasteiger partial charge in [-0.05, 0) is 32.4 Å². The van der Waals surface area contributed by atoms with Gasteiger partial charge in [0.05, 0.1) is 24.5 Å². The maximum Gasteiger partial charge on any atom is 0.151 e. The number of aliphatic hydroxyl groups is 1. The fourth-order valence-electron chi connectivity index (χ4n) is 4.18. The van der Waals surface area contributed by atoms with Crippen LogP contribution in [0.15, 0.2) is 0 Å². The summed E-state index contributed by atoms with van der Waals surface area (Å²) < 4.78 is 5.86. The van der Waals surface area contributed by atoms with E-state index in [2.05, 4.69) is 21.8 Å². The SMILES string of the molecule is CCCCc1nc(Cl)c(CN2CCC3(CC2)[C@H](O)C[C@@H]3OCCN)[nH]1. The number of aliphatic hydroxyl groups excluding tert-OH is 1. The van der Waals surface area contributed by atoms with Crippen LogP contribution >= 0.6 is 11.6 Å². The number of H-pyrrole nitrogens is 1. The number of nitrogens with two attached hydrogens (primary N) is 1. The Morgan fingerprint density at radius 1 is 1.44 bits per heavy atom. The monoisotopic (exact) mass is 370 g/mol. The zero-order chi connectivity index (χ0) is 17.9. The number of aromatic amines is 1. The molecule has 1 saturated carbocycles. The molecule has 0 unspecified atom stereocenters. The summed E-state index contributed by atoms with van der Waals surface area (Å²) in [6, 6.07) is 0. The highest BCUT2D eigenvalue weighted by Crippen LogP contribution is 2.51. The minimum Gasteiger partial charge on any atom is -0.392 e. The van der Waals surface area contributed by atoms with Gasteiger partial charge in [-0.15, -0.1) is 0 Å². The number of aryl methyl sites for hydroxylation is 1. The molecule has 1 aliphatic heterocycles. The van der Waals surface area contributed by atoms with Crippen LogP contribution in [0, 0.1) is 5.41 Å². The first kappa shape index (κ1) is 19.1. The molecule has 0 amide bonds. The van der Waals surface area contributed by atoms with Gasteiger partial charge in [-0.3, -0.25) is 4.90 Å². The summed E-state index contributed by atoms with van der Waals surface area (Å²) in [5.41, 5.74) is 6.48. The maximum atomic E-state index is 10.3. The first-order valence-electron chi connectivity index (χ1n) is 9.54. The Hall–Kier alpha value is -0.660. The van der Waals surface area contributed by atoms with Gasteiger partial charge in [-0.25, -0.2) is 4.98 Å². The van der Waals surface area contributed by atoms with Crippen LogP contribution in [0.5, 0.6) is 0 Å². The Bertz CT molecular complexity index is 557. The van der Waals surface area contributed by atoms with Gasteiger partial charge in [0.25, 0.3) is 0 Å². The lowest BCUT2D eigenvalue weighted by atomic mass is 9.58. The van der Waals surface area contributed by atoms with Gasteiger partial charge in [0.1, 0.15) is 5.82 Å². The van der Waals surface area contributed by atoms with Crippen LogP contribution in [0.3, 0.4) is 0 Å². The number of ether oxygens (including phenoxy) is 1. The number of piperidine rings is 1. The van der Waals surface area contributed by atoms with Gasteiger partial charge in [0.15, 0.2) is 5.15 Å². The summed E-state index contributed by atoms with van der Waals surface area (Å²) in [6.45, 7) is 5.96. The van der Waals surface area contributed by atoms with Gasteiger partial charge in [0, 0.05) is 31.3 Å². The Labute approximate surface area is 155 Å². The van der Waals surface area contributed by atoms with E-state index in [1.54, 1.807) is 0 Å². The molecule has 1 saturated heterocycles. The van der Waals surface area contributed by atoms with E-state index in [1.165, 1.54) is 0 Å². The molecule has 2 atom stereocenters. The van der Waals surface area contributed by atoms with E-state index in [0.29, 0.717) is 18.3 Å². The normalized spacial score (nSPS) is 26.1. The van der Waals surface area contributed by atoms with E-state index in [1.807, 2.05) is 0 Å². The Morgan fingerprint density at radius 2 is 2.20 bits per heavy atom. The van der Waals surface area contributed by atoms with Crippen LogP contribution in [0.25, 0.3) is 0 Å². The van der Waals surface area contributed by atoms with Crippen molar-refractivity contribution >= 4 is 11.6 Å². The zero-order valence-corrected chi connectivity index (χ0v) is 15.9. The van der Waals surface area contributed by atoms with E-state index < -0.39 is 0 Å². The van der Waals surface area contributed by atoms with Crippen molar-refractivity contribution in [1.29, 1.82) is 0 Å². The molecule has 0 aromatic carbocycles. The summed E-state index contributed by atoms with van der Waals surface area (Å²) in [5, 5.41) is 10.9. The van der Waals surface area contributed by atoms with Gasteiger partial charge >= 0.3 is 0 Å². The number of nitrogens with one attached hydrogen (secondary N) is 1.